The molecule has 4 rings (SSSR count). The van der Waals surface area contributed by atoms with Crippen molar-refractivity contribution in [1.82, 2.24) is 9.66 Å². The molecule has 0 saturated heterocycles. The van der Waals surface area contributed by atoms with E-state index in [2.05, 4.69) is 46.6 Å². The first-order chi connectivity index (χ1) is 16.0. The molecular formula is C29H31N3O2. The standard InChI is InChI=1S/C29H31N3O2/c1-28(2,3)22-16-19(17-23(25(22)33)29(4,5)6)18-30-32-26(20-12-8-7-9-13-20)31-24-15-11-10-14-21(24)27(32)34/h7-18,33H,1-6H3. The lowest BCUT2D eigenvalue weighted by Crippen LogP contribution is -2.21. The summed E-state index contributed by atoms with van der Waals surface area (Å²) >= 11 is 0. The van der Waals surface area contributed by atoms with Crippen LogP contribution in [0.4, 0.5) is 0 Å². The monoisotopic (exact) mass is 453 g/mol. The number of phenols is 1. The van der Waals surface area contributed by atoms with Gasteiger partial charge in [0.1, 0.15) is 5.75 Å². The number of nitrogens with zero attached hydrogens (tertiary/aromatic N) is 3. The molecular weight excluding hydrogens is 422 g/mol. The molecule has 0 bridgehead atoms. The number of benzene rings is 3. The van der Waals surface area contributed by atoms with Gasteiger partial charge in [-0.05, 0) is 40.7 Å². The Hall–Kier alpha value is -3.73. The summed E-state index contributed by atoms with van der Waals surface area (Å²) in [5.41, 5.74) is 3.18. The predicted molar refractivity (Wildman–Crippen MR) is 140 cm³/mol. The first-order valence-corrected chi connectivity index (χ1v) is 11.5. The second-order valence-corrected chi connectivity index (χ2v) is 10.6. The summed E-state index contributed by atoms with van der Waals surface area (Å²) < 4.78 is 1.36. The number of fused-ring (bicyclic) bond motifs is 1. The molecule has 0 aliphatic rings. The number of hydrogen-bond acceptors (Lipinski definition) is 4. The molecule has 1 heterocycles. The smallest absolute Gasteiger partial charge is 0.282 e. The molecule has 0 amide bonds. The fraction of sp³-hybridized carbons (Fsp3) is 0.276. The van der Waals surface area contributed by atoms with Crippen molar-refractivity contribution in [3.8, 4) is 17.1 Å². The van der Waals surface area contributed by atoms with E-state index in [4.69, 9.17) is 4.98 Å². The Morgan fingerprint density at radius 3 is 2.00 bits per heavy atom. The molecule has 4 aromatic rings. The highest BCUT2D eigenvalue weighted by atomic mass is 16.3. The van der Waals surface area contributed by atoms with Crippen molar-refractivity contribution in [3.05, 3.63) is 93.8 Å². The van der Waals surface area contributed by atoms with Crippen LogP contribution in [0.3, 0.4) is 0 Å². The Balaban J connectivity index is 1.94. The van der Waals surface area contributed by atoms with Crippen LogP contribution in [0.1, 0.15) is 58.2 Å². The molecule has 0 spiro atoms. The van der Waals surface area contributed by atoms with Gasteiger partial charge in [0, 0.05) is 16.7 Å². The zero-order valence-electron chi connectivity index (χ0n) is 20.6. The van der Waals surface area contributed by atoms with Gasteiger partial charge in [0.05, 0.1) is 17.1 Å². The number of rotatable bonds is 3. The van der Waals surface area contributed by atoms with Gasteiger partial charge in [0.15, 0.2) is 5.82 Å². The Labute approximate surface area is 200 Å². The van der Waals surface area contributed by atoms with Gasteiger partial charge in [0.2, 0.25) is 0 Å². The third kappa shape index (κ3) is 4.51. The lowest BCUT2D eigenvalue weighted by atomic mass is 9.78. The fourth-order valence-electron chi connectivity index (χ4n) is 4.00. The molecule has 0 unspecified atom stereocenters. The van der Waals surface area contributed by atoms with E-state index in [1.54, 1.807) is 12.3 Å². The normalized spacial score (nSPS) is 12.5. The first kappa shape index (κ1) is 23.4. The molecule has 0 saturated carbocycles. The number of phenolic OH excluding ortho intramolecular Hbond substituents is 1. The maximum absolute atomic E-state index is 13.4. The molecule has 0 atom stereocenters. The summed E-state index contributed by atoms with van der Waals surface area (Å²) in [6.07, 6.45) is 1.67. The van der Waals surface area contributed by atoms with E-state index in [1.807, 2.05) is 60.7 Å². The van der Waals surface area contributed by atoms with E-state index in [1.165, 1.54) is 4.68 Å². The van der Waals surface area contributed by atoms with Gasteiger partial charge in [0.25, 0.3) is 5.56 Å². The van der Waals surface area contributed by atoms with Crippen molar-refractivity contribution < 1.29 is 5.11 Å². The number of aromatic hydroxyl groups is 1. The highest BCUT2D eigenvalue weighted by molar-refractivity contribution is 5.83. The lowest BCUT2D eigenvalue weighted by Gasteiger charge is -2.27. The minimum atomic E-state index is -0.259. The molecule has 5 heteroatoms. The molecule has 34 heavy (non-hydrogen) atoms. The van der Waals surface area contributed by atoms with Crippen LogP contribution in [-0.4, -0.2) is 21.0 Å². The molecule has 5 nitrogen and oxygen atoms in total. The Bertz CT molecular complexity index is 1400. The average Bonchev–Trinajstić information content (AvgIpc) is 2.78. The largest absolute Gasteiger partial charge is 0.507 e. The summed E-state index contributed by atoms with van der Waals surface area (Å²) in [6, 6.07) is 20.8. The molecule has 0 radical (unpaired) electrons. The zero-order valence-corrected chi connectivity index (χ0v) is 20.6. The highest BCUT2D eigenvalue weighted by Gasteiger charge is 2.26. The van der Waals surface area contributed by atoms with Crippen LogP contribution in [0.25, 0.3) is 22.3 Å². The maximum atomic E-state index is 13.4. The number of para-hydroxylation sites is 1. The van der Waals surface area contributed by atoms with Crippen LogP contribution in [0.5, 0.6) is 5.75 Å². The summed E-state index contributed by atoms with van der Waals surface area (Å²) in [7, 11) is 0. The fourth-order valence-corrected chi connectivity index (χ4v) is 4.00. The summed E-state index contributed by atoms with van der Waals surface area (Å²) in [4.78, 5) is 18.2. The van der Waals surface area contributed by atoms with Crippen molar-refractivity contribution in [2.75, 3.05) is 0 Å². The number of aromatic nitrogens is 2. The summed E-state index contributed by atoms with van der Waals surface area (Å²) in [5, 5.41) is 16.1. The van der Waals surface area contributed by atoms with Gasteiger partial charge in [-0.15, -0.1) is 0 Å². The predicted octanol–water partition coefficient (Wildman–Crippen LogP) is 6.25. The van der Waals surface area contributed by atoms with Crippen LogP contribution in [0.2, 0.25) is 0 Å². The third-order valence-electron chi connectivity index (χ3n) is 5.86. The van der Waals surface area contributed by atoms with Crippen molar-refractivity contribution in [1.29, 1.82) is 0 Å². The first-order valence-electron chi connectivity index (χ1n) is 11.5. The molecule has 3 aromatic carbocycles. The van der Waals surface area contributed by atoms with Crippen molar-refractivity contribution in [3.63, 3.8) is 0 Å². The maximum Gasteiger partial charge on any atom is 0.282 e. The summed E-state index contributed by atoms with van der Waals surface area (Å²) in [6.45, 7) is 12.4. The minimum absolute atomic E-state index is 0.230. The zero-order chi connectivity index (χ0) is 24.7. The van der Waals surface area contributed by atoms with E-state index in [0.717, 1.165) is 22.3 Å². The minimum Gasteiger partial charge on any atom is -0.507 e. The topological polar surface area (TPSA) is 67.5 Å². The second-order valence-electron chi connectivity index (χ2n) is 10.6. The highest BCUT2D eigenvalue weighted by Crippen LogP contribution is 2.39. The van der Waals surface area contributed by atoms with Gasteiger partial charge in [-0.3, -0.25) is 4.79 Å². The van der Waals surface area contributed by atoms with Gasteiger partial charge in [-0.1, -0.05) is 84.0 Å². The van der Waals surface area contributed by atoms with Crippen molar-refractivity contribution >= 4 is 17.1 Å². The Morgan fingerprint density at radius 1 is 0.853 bits per heavy atom. The van der Waals surface area contributed by atoms with Gasteiger partial charge in [-0.25, -0.2) is 4.98 Å². The van der Waals surface area contributed by atoms with E-state index in [9.17, 15) is 9.90 Å². The van der Waals surface area contributed by atoms with Crippen LogP contribution in [0.15, 0.2) is 76.6 Å². The SMILES string of the molecule is CC(C)(C)c1cc(C=Nn2c(-c3ccccc3)nc3ccccc3c2=O)cc(C(C)(C)C)c1O. The quantitative estimate of drug-likeness (QED) is 0.373. The van der Waals surface area contributed by atoms with E-state index >= 15 is 0 Å². The van der Waals surface area contributed by atoms with E-state index in [-0.39, 0.29) is 16.4 Å². The molecule has 1 aromatic heterocycles. The Morgan fingerprint density at radius 2 is 1.41 bits per heavy atom. The van der Waals surface area contributed by atoms with Gasteiger partial charge in [-0.2, -0.15) is 9.78 Å². The molecule has 1 N–H and O–H groups in total. The van der Waals surface area contributed by atoms with Crippen LogP contribution in [0, 0.1) is 0 Å². The van der Waals surface area contributed by atoms with Crippen molar-refractivity contribution in [2.24, 2.45) is 5.10 Å². The lowest BCUT2D eigenvalue weighted by molar-refractivity contribution is 0.423. The van der Waals surface area contributed by atoms with Crippen molar-refractivity contribution in [2.45, 2.75) is 52.4 Å². The van der Waals surface area contributed by atoms with E-state index < -0.39 is 0 Å². The molecule has 174 valence electrons. The summed E-state index contributed by atoms with van der Waals surface area (Å²) in [5.74, 6) is 0.790. The number of hydrogen-bond donors (Lipinski definition) is 1. The third-order valence-corrected chi connectivity index (χ3v) is 5.86. The van der Waals surface area contributed by atoms with Crippen LogP contribution >= 0.6 is 0 Å². The van der Waals surface area contributed by atoms with Gasteiger partial charge < -0.3 is 5.11 Å². The van der Waals surface area contributed by atoms with Gasteiger partial charge >= 0.3 is 0 Å². The molecule has 0 aliphatic carbocycles. The van der Waals surface area contributed by atoms with Crippen LogP contribution < -0.4 is 5.56 Å². The second kappa shape index (κ2) is 8.56. The molecule has 0 fully saturated rings. The average molecular weight is 454 g/mol. The Kier molecular flexibility index (Phi) is 5.90. The van der Waals surface area contributed by atoms with Crippen LogP contribution in [-0.2, 0) is 10.8 Å². The molecule has 0 aliphatic heterocycles. The van der Waals surface area contributed by atoms with E-state index in [0.29, 0.717) is 22.5 Å².